The monoisotopic (exact) mass is 419 g/mol. The lowest BCUT2D eigenvalue weighted by Crippen LogP contribution is -2.45. The molecule has 1 aromatic heterocycles. The average Bonchev–Trinajstić information content (AvgIpc) is 3.19. The third-order valence-electron chi connectivity index (χ3n) is 5.43. The van der Waals surface area contributed by atoms with E-state index < -0.39 is 17.9 Å². The van der Waals surface area contributed by atoms with Crippen molar-refractivity contribution in [3.8, 4) is 17.5 Å². The van der Waals surface area contributed by atoms with Gasteiger partial charge < -0.3 is 14.8 Å². The van der Waals surface area contributed by atoms with Gasteiger partial charge in [0.05, 0.1) is 11.6 Å². The zero-order chi connectivity index (χ0) is 22.7. The predicted molar refractivity (Wildman–Crippen MR) is 117 cm³/mol. The number of nitrogens with one attached hydrogen (secondary N) is 1. The fourth-order valence-electron chi connectivity index (χ4n) is 3.35. The van der Waals surface area contributed by atoms with Crippen LogP contribution in [0.1, 0.15) is 61.5 Å². The lowest BCUT2D eigenvalue weighted by Gasteiger charge is -2.20. The minimum atomic E-state index is -1.05. The van der Waals surface area contributed by atoms with E-state index in [2.05, 4.69) is 16.4 Å². The number of aliphatic carboxylic acids is 1. The smallest absolute Gasteiger partial charge is 0.326 e. The van der Waals surface area contributed by atoms with E-state index >= 15 is 0 Å². The number of amides is 1. The molecule has 7 heteroatoms. The molecule has 0 aliphatic rings. The molecule has 2 aromatic carbocycles. The Morgan fingerprint density at radius 1 is 1.19 bits per heavy atom. The van der Waals surface area contributed by atoms with Crippen LogP contribution in [0.3, 0.4) is 0 Å². The zero-order valence-electron chi connectivity index (χ0n) is 18.0. The topological polar surface area (TPSA) is 116 Å². The van der Waals surface area contributed by atoms with Gasteiger partial charge in [-0.2, -0.15) is 5.26 Å². The molecule has 0 saturated carbocycles. The van der Waals surface area contributed by atoms with Crippen LogP contribution in [0.15, 0.2) is 40.8 Å². The van der Waals surface area contributed by atoms with Crippen molar-refractivity contribution >= 4 is 23.0 Å². The number of rotatable bonds is 7. The van der Waals surface area contributed by atoms with Gasteiger partial charge in [-0.15, -0.1) is 0 Å². The van der Waals surface area contributed by atoms with Gasteiger partial charge in [-0.05, 0) is 48.2 Å². The van der Waals surface area contributed by atoms with Gasteiger partial charge in [0.2, 0.25) is 5.89 Å². The lowest BCUT2D eigenvalue weighted by atomic mass is 9.99. The van der Waals surface area contributed by atoms with Crippen LogP contribution < -0.4 is 5.32 Å². The van der Waals surface area contributed by atoms with Crippen LogP contribution in [0.5, 0.6) is 0 Å². The molecule has 0 aliphatic heterocycles. The van der Waals surface area contributed by atoms with Crippen molar-refractivity contribution in [1.82, 2.24) is 10.3 Å². The molecule has 2 atom stereocenters. The molecule has 7 nitrogen and oxygen atoms in total. The molecule has 160 valence electrons. The van der Waals surface area contributed by atoms with Gasteiger partial charge >= 0.3 is 5.97 Å². The summed E-state index contributed by atoms with van der Waals surface area (Å²) >= 11 is 0. The highest BCUT2D eigenvalue weighted by Crippen LogP contribution is 2.31. The standard InChI is InChI=1S/C24H25N3O4/c1-5-14(4)20(24(29)30)27-22(28)16-6-8-17(9-7-16)23-26-19-11-15(12-25)10-18(13(2)3)21(19)31-23/h6-11,13-14,20H,5H2,1-4H3,(H,27,28)(H,29,30). The van der Waals surface area contributed by atoms with Crippen molar-refractivity contribution in [2.24, 2.45) is 5.92 Å². The van der Waals surface area contributed by atoms with Crippen molar-refractivity contribution < 1.29 is 19.1 Å². The Morgan fingerprint density at radius 2 is 1.87 bits per heavy atom. The molecule has 0 fully saturated rings. The molecule has 0 saturated heterocycles. The zero-order valence-corrected chi connectivity index (χ0v) is 18.0. The number of oxazole rings is 1. The first-order valence-electron chi connectivity index (χ1n) is 10.2. The van der Waals surface area contributed by atoms with Gasteiger partial charge in [-0.25, -0.2) is 9.78 Å². The van der Waals surface area contributed by atoms with Gasteiger partial charge in [0.25, 0.3) is 5.91 Å². The van der Waals surface area contributed by atoms with E-state index in [9.17, 15) is 20.0 Å². The average molecular weight is 419 g/mol. The van der Waals surface area contributed by atoms with Crippen LogP contribution in [-0.4, -0.2) is 28.0 Å². The summed E-state index contributed by atoms with van der Waals surface area (Å²) < 4.78 is 5.99. The molecular weight excluding hydrogens is 394 g/mol. The van der Waals surface area contributed by atoms with Crippen LogP contribution >= 0.6 is 0 Å². The summed E-state index contributed by atoms with van der Waals surface area (Å²) in [6, 6.07) is 11.3. The molecular formula is C24H25N3O4. The summed E-state index contributed by atoms with van der Waals surface area (Å²) in [7, 11) is 0. The van der Waals surface area contributed by atoms with Gasteiger partial charge in [0.1, 0.15) is 11.6 Å². The van der Waals surface area contributed by atoms with Gasteiger partial charge in [0, 0.05) is 16.7 Å². The Labute approximate surface area is 180 Å². The van der Waals surface area contributed by atoms with Crippen LogP contribution in [0, 0.1) is 17.2 Å². The van der Waals surface area contributed by atoms with Crippen LogP contribution in [0.4, 0.5) is 0 Å². The number of nitriles is 1. The van der Waals surface area contributed by atoms with E-state index in [0.717, 1.165) is 5.56 Å². The van der Waals surface area contributed by atoms with Gasteiger partial charge in [0.15, 0.2) is 5.58 Å². The molecule has 2 N–H and O–H groups in total. The number of carbonyl (C=O) groups excluding carboxylic acids is 1. The summed E-state index contributed by atoms with van der Waals surface area (Å²) in [5, 5.41) is 21.2. The van der Waals surface area contributed by atoms with E-state index in [-0.39, 0.29) is 11.8 Å². The maximum atomic E-state index is 12.5. The first-order valence-corrected chi connectivity index (χ1v) is 10.2. The molecule has 0 spiro atoms. The highest BCUT2D eigenvalue weighted by atomic mass is 16.4. The number of benzene rings is 2. The Balaban J connectivity index is 1.88. The highest BCUT2D eigenvalue weighted by Gasteiger charge is 2.25. The lowest BCUT2D eigenvalue weighted by molar-refractivity contribution is -0.140. The van der Waals surface area contributed by atoms with E-state index in [1.807, 2.05) is 26.8 Å². The van der Waals surface area contributed by atoms with E-state index in [1.165, 1.54) is 0 Å². The van der Waals surface area contributed by atoms with Gasteiger partial charge in [-0.1, -0.05) is 34.1 Å². The summed E-state index contributed by atoms with van der Waals surface area (Å²) in [6.45, 7) is 7.72. The maximum Gasteiger partial charge on any atom is 0.326 e. The van der Waals surface area contributed by atoms with Crippen molar-refractivity contribution in [2.75, 3.05) is 0 Å². The third kappa shape index (κ3) is 4.58. The summed E-state index contributed by atoms with van der Waals surface area (Å²) in [5.41, 5.74) is 3.72. The van der Waals surface area contributed by atoms with E-state index in [0.29, 0.717) is 40.1 Å². The van der Waals surface area contributed by atoms with E-state index in [4.69, 9.17) is 4.42 Å². The number of fused-ring (bicyclic) bond motifs is 1. The summed E-state index contributed by atoms with van der Waals surface area (Å²) in [4.78, 5) is 28.5. The molecule has 1 amide bonds. The molecule has 0 radical (unpaired) electrons. The largest absolute Gasteiger partial charge is 0.480 e. The molecule has 0 bridgehead atoms. The number of nitrogens with zero attached hydrogens (tertiary/aromatic N) is 2. The minimum absolute atomic E-state index is 0.162. The first kappa shape index (κ1) is 22.0. The van der Waals surface area contributed by atoms with Gasteiger partial charge in [-0.3, -0.25) is 4.79 Å². The number of hydrogen-bond acceptors (Lipinski definition) is 5. The maximum absolute atomic E-state index is 12.5. The van der Waals surface area contributed by atoms with Crippen LogP contribution in [0.25, 0.3) is 22.6 Å². The van der Waals surface area contributed by atoms with Crippen molar-refractivity contribution in [3.63, 3.8) is 0 Å². The number of carboxylic acid groups (broad SMARTS) is 1. The number of carboxylic acids is 1. The number of carbonyl (C=O) groups is 2. The van der Waals surface area contributed by atoms with Crippen molar-refractivity contribution in [2.45, 2.75) is 46.1 Å². The molecule has 3 rings (SSSR count). The molecule has 1 heterocycles. The minimum Gasteiger partial charge on any atom is -0.480 e. The highest BCUT2D eigenvalue weighted by molar-refractivity contribution is 5.97. The predicted octanol–water partition coefficient (Wildman–Crippen LogP) is 4.72. The number of hydrogen-bond donors (Lipinski definition) is 2. The second kappa shape index (κ2) is 9.00. The quantitative estimate of drug-likeness (QED) is 0.572. The summed E-state index contributed by atoms with van der Waals surface area (Å²) in [6.07, 6.45) is 0.639. The molecule has 0 aliphatic carbocycles. The Kier molecular flexibility index (Phi) is 6.40. The van der Waals surface area contributed by atoms with E-state index in [1.54, 1.807) is 37.3 Å². The SMILES string of the molecule is CCC(C)C(NC(=O)c1ccc(-c2nc3cc(C#N)cc(C(C)C)c3o2)cc1)C(=O)O. The third-order valence-corrected chi connectivity index (χ3v) is 5.43. The van der Waals surface area contributed by atoms with Crippen LogP contribution in [-0.2, 0) is 4.79 Å². The Bertz CT molecular complexity index is 1160. The molecule has 31 heavy (non-hydrogen) atoms. The number of aromatic nitrogens is 1. The second-order valence-corrected chi connectivity index (χ2v) is 7.95. The second-order valence-electron chi connectivity index (χ2n) is 7.95. The normalized spacial score (nSPS) is 13.0. The Hall–Kier alpha value is -3.66. The summed E-state index contributed by atoms with van der Waals surface area (Å²) in [5.74, 6) is -1.13. The molecule has 2 unspecified atom stereocenters. The Morgan fingerprint density at radius 3 is 2.42 bits per heavy atom. The fourth-order valence-corrected chi connectivity index (χ4v) is 3.35. The first-order chi connectivity index (χ1) is 14.7. The van der Waals surface area contributed by atoms with Crippen molar-refractivity contribution in [3.05, 3.63) is 53.1 Å². The van der Waals surface area contributed by atoms with Crippen LogP contribution in [0.2, 0.25) is 0 Å². The molecule has 3 aromatic rings. The fraction of sp³-hybridized carbons (Fsp3) is 0.333. The van der Waals surface area contributed by atoms with Crippen molar-refractivity contribution in [1.29, 1.82) is 5.26 Å².